The molecule has 0 amide bonds. The molecule has 3 unspecified atom stereocenters. The molecule has 3 atom stereocenters. The first-order chi connectivity index (χ1) is 18.1. The summed E-state index contributed by atoms with van der Waals surface area (Å²) in [5.74, 6) is 2.57. The maximum absolute atomic E-state index is 6.29. The van der Waals surface area contributed by atoms with E-state index in [1.807, 2.05) is 112 Å². The van der Waals surface area contributed by atoms with Crippen LogP contribution in [0, 0.1) is 0 Å². The fraction of sp³-hybridized carbons (Fsp3) is 0.400. The van der Waals surface area contributed by atoms with Crippen molar-refractivity contribution >= 4 is 9.53 Å². The molecule has 0 aliphatic carbocycles. The largest absolute Gasteiger partial charge is 0.493 e. The molecule has 3 aromatic carbocycles. The Balaban J connectivity index is 1.45. The molecule has 0 spiro atoms. The lowest BCUT2D eigenvalue weighted by atomic mass is 10.3. The van der Waals surface area contributed by atoms with Crippen LogP contribution >= 0.6 is 0 Å². The molecular weight excluding hydrogens is 484 g/mol. The first-order valence-corrected chi connectivity index (χ1v) is 14.5. The SMILES string of the molecule is CC(CCOc1ccccc1)O[SiH](OC(C)CCOc1ccccc1)OC(C)CCOc1ccccc1. The van der Waals surface area contributed by atoms with E-state index in [2.05, 4.69) is 0 Å². The Morgan fingerprint density at radius 2 is 0.730 bits per heavy atom. The first kappa shape index (κ1) is 28.7. The van der Waals surface area contributed by atoms with Crippen LogP contribution in [0.2, 0.25) is 0 Å². The van der Waals surface area contributed by atoms with Crippen molar-refractivity contribution in [2.24, 2.45) is 0 Å². The summed E-state index contributed by atoms with van der Waals surface area (Å²) in [6, 6.07) is 29.4. The Morgan fingerprint density at radius 1 is 0.459 bits per heavy atom. The van der Waals surface area contributed by atoms with Crippen LogP contribution in [0.3, 0.4) is 0 Å². The van der Waals surface area contributed by atoms with Crippen LogP contribution in [0.5, 0.6) is 17.2 Å². The minimum absolute atomic E-state index is 0.0547. The molecule has 3 aromatic rings. The molecule has 6 nitrogen and oxygen atoms in total. The summed E-state index contributed by atoms with van der Waals surface area (Å²) in [6.45, 7) is 7.79. The molecule has 0 bridgehead atoms. The molecule has 200 valence electrons. The van der Waals surface area contributed by atoms with Gasteiger partial charge in [0.25, 0.3) is 0 Å². The molecule has 0 heterocycles. The van der Waals surface area contributed by atoms with E-state index in [0.29, 0.717) is 19.8 Å². The molecule has 0 saturated carbocycles. The molecule has 37 heavy (non-hydrogen) atoms. The van der Waals surface area contributed by atoms with Gasteiger partial charge in [0.1, 0.15) is 17.2 Å². The van der Waals surface area contributed by atoms with Crippen molar-refractivity contribution in [3.63, 3.8) is 0 Å². The third-order valence-corrected chi connectivity index (χ3v) is 7.70. The molecule has 0 radical (unpaired) electrons. The van der Waals surface area contributed by atoms with Crippen molar-refractivity contribution in [3.8, 4) is 17.2 Å². The number of hydrogen-bond donors (Lipinski definition) is 0. The quantitative estimate of drug-likeness (QED) is 0.181. The number of benzene rings is 3. The van der Waals surface area contributed by atoms with Crippen LogP contribution in [0.4, 0.5) is 0 Å². The Labute approximate surface area is 223 Å². The van der Waals surface area contributed by atoms with Gasteiger partial charge in [-0.1, -0.05) is 54.6 Å². The highest BCUT2D eigenvalue weighted by Crippen LogP contribution is 2.15. The zero-order chi connectivity index (χ0) is 26.1. The highest BCUT2D eigenvalue weighted by atomic mass is 28.3. The van der Waals surface area contributed by atoms with Gasteiger partial charge in [-0.3, -0.25) is 0 Å². The molecule has 0 aromatic heterocycles. The van der Waals surface area contributed by atoms with Crippen molar-refractivity contribution in [1.29, 1.82) is 0 Å². The van der Waals surface area contributed by atoms with Gasteiger partial charge in [0, 0.05) is 37.6 Å². The summed E-state index contributed by atoms with van der Waals surface area (Å²) in [7, 11) is -2.42. The third kappa shape index (κ3) is 12.3. The molecular formula is C30H40O6Si. The van der Waals surface area contributed by atoms with Gasteiger partial charge in [-0.2, -0.15) is 0 Å². The molecule has 7 heteroatoms. The molecule has 0 N–H and O–H groups in total. The van der Waals surface area contributed by atoms with Gasteiger partial charge in [0.2, 0.25) is 0 Å². The molecule has 0 fully saturated rings. The van der Waals surface area contributed by atoms with E-state index in [1.165, 1.54) is 0 Å². The van der Waals surface area contributed by atoms with E-state index in [9.17, 15) is 0 Å². The normalized spacial score (nSPS) is 14.4. The molecule has 3 rings (SSSR count). The van der Waals surface area contributed by atoms with Crippen LogP contribution in [-0.2, 0) is 13.3 Å². The maximum Gasteiger partial charge on any atom is 0.484 e. The number of ether oxygens (including phenoxy) is 3. The summed E-state index contributed by atoms with van der Waals surface area (Å²) in [6.07, 6.45) is 2.05. The van der Waals surface area contributed by atoms with Crippen molar-refractivity contribution in [2.75, 3.05) is 19.8 Å². The Morgan fingerprint density at radius 3 is 1.00 bits per heavy atom. The summed E-state index contributed by atoms with van der Waals surface area (Å²) in [5.41, 5.74) is 0. The standard InChI is InChI=1S/C30H40O6Si/c1-25(19-22-31-28-13-7-4-8-14-28)34-37(35-26(2)20-23-32-29-15-9-5-10-16-29)36-27(3)21-24-33-30-17-11-6-12-18-30/h4-18,25-27,37H,19-24H2,1-3H3. The fourth-order valence-electron chi connectivity index (χ4n) is 3.45. The number of rotatable bonds is 18. The highest BCUT2D eigenvalue weighted by molar-refractivity contribution is 6.36. The van der Waals surface area contributed by atoms with Gasteiger partial charge >= 0.3 is 9.53 Å². The Kier molecular flexibility index (Phi) is 13.1. The number of para-hydroxylation sites is 3. The minimum Gasteiger partial charge on any atom is -0.493 e. The van der Waals surface area contributed by atoms with Crippen molar-refractivity contribution in [3.05, 3.63) is 91.0 Å². The van der Waals surface area contributed by atoms with E-state index in [-0.39, 0.29) is 18.3 Å². The van der Waals surface area contributed by atoms with Crippen LogP contribution in [-0.4, -0.2) is 47.7 Å². The second-order valence-electron chi connectivity index (χ2n) is 8.98. The first-order valence-electron chi connectivity index (χ1n) is 13.1. The summed E-state index contributed by atoms with van der Waals surface area (Å²) in [4.78, 5) is 0. The zero-order valence-electron chi connectivity index (χ0n) is 22.2. The Hall–Kier alpha value is -2.84. The van der Waals surface area contributed by atoms with Gasteiger partial charge in [-0.25, -0.2) is 0 Å². The molecule has 0 saturated heterocycles. The number of hydrogen-bond acceptors (Lipinski definition) is 6. The van der Waals surface area contributed by atoms with E-state index >= 15 is 0 Å². The van der Waals surface area contributed by atoms with Crippen molar-refractivity contribution in [1.82, 2.24) is 0 Å². The van der Waals surface area contributed by atoms with Gasteiger partial charge in [0.15, 0.2) is 0 Å². The second kappa shape index (κ2) is 16.8. The van der Waals surface area contributed by atoms with Gasteiger partial charge in [0.05, 0.1) is 19.8 Å². The predicted molar refractivity (Wildman–Crippen MR) is 148 cm³/mol. The lowest BCUT2D eigenvalue weighted by Gasteiger charge is -2.27. The molecule has 0 aliphatic rings. The zero-order valence-corrected chi connectivity index (χ0v) is 23.3. The van der Waals surface area contributed by atoms with Crippen molar-refractivity contribution < 1.29 is 27.5 Å². The fourth-order valence-corrected chi connectivity index (χ4v) is 5.19. The van der Waals surface area contributed by atoms with Gasteiger partial charge < -0.3 is 27.5 Å². The van der Waals surface area contributed by atoms with E-state index in [1.54, 1.807) is 0 Å². The van der Waals surface area contributed by atoms with Gasteiger partial charge in [-0.15, -0.1) is 0 Å². The van der Waals surface area contributed by atoms with Gasteiger partial charge in [-0.05, 0) is 57.2 Å². The summed E-state index contributed by atoms with van der Waals surface area (Å²) in [5, 5.41) is 0. The maximum atomic E-state index is 6.29. The summed E-state index contributed by atoms with van der Waals surface area (Å²) < 4.78 is 36.4. The van der Waals surface area contributed by atoms with E-state index in [0.717, 1.165) is 36.5 Å². The van der Waals surface area contributed by atoms with Crippen LogP contribution in [0.1, 0.15) is 40.0 Å². The Bertz CT molecular complexity index is 832. The van der Waals surface area contributed by atoms with Crippen LogP contribution < -0.4 is 14.2 Å². The van der Waals surface area contributed by atoms with Crippen molar-refractivity contribution in [2.45, 2.75) is 58.3 Å². The molecule has 0 aliphatic heterocycles. The lowest BCUT2D eigenvalue weighted by Crippen LogP contribution is -2.38. The topological polar surface area (TPSA) is 55.4 Å². The third-order valence-electron chi connectivity index (χ3n) is 5.64. The minimum atomic E-state index is -2.42. The highest BCUT2D eigenvalue weighted by Gasteiger charge is 2.25. The summed E-state index contributed by atoms with van der Waals surface area (Å²) >= 11 is 0. The monoisotopic (exact) mass is 524 g/mol. The second-order valence-corrected chi connectivity index (χ2v) is 10.4. The smallest absolute Gasteiger partial charge is 0.484 e. The van der Waals surface area contributed by atoms with E-state index in [4.69, 9.17) is 27.5 Å². The predicted octanol–water partition coefficient (Wildman–Crippen LogP) is 6.33. The van der Waals surface area contributed by atoms with E-state index < -0.39 is 9.53 Å². The average Bonchev–Trinajstić information content (AvgIpc) is 2.90. The van der Waals surface area contributed by atoms with Crippen LogP contribution in [0.25, 0.3) is 0 Å². The average molecular weight is 525 g/mol. The van der Waals surface area contributed by atoms with Crippen LogP contribution in [0.15, 0.2) is 91.0 Å². The lowest BCUT2D eigenvalue weighted by molar-refractivity contribution is 0.00734.